The lowest BCUT2D eigenvalue weighted by atomic mass is 10.0. The number of Topliss-reactive ketones (excluding diaryl/α,β-unsaturated/α-hetero) is 1. The number of aliphatic hydroxyl groups excluding tert-OH is 1. The Morgan fingerprint density at radius 2 is 1.84 bits per heavy atom. The molecule has 0 aliphatic rings. The van der Waals surface area contributed by atoms with E-state index >= 15 is 0 Å². The Labute approximate surface area is 179 Å². The number of amides is 2. The molecule has 31 heavy (non-hydrogen) atoms. The molecule has 0 saturated carbocycles. The standard InChI is InChI=1S/C22H27F2N3O4/c1-4-7-8-9-10-16(22(31)25-6-3)19(29)18(28)15(5-2)21(30)26-13-14-11-12-17(23)27-20(14)24/h5,9-12,29H,4,6-8,13H2,1-3H3,(H,25,31)(H,26,30)/b10-9-,15-5+,19-16-. The zero-order valence-corrected chi connectivity index (χ0v) is 17.8. The van der Waals surface area contributed by atoms with E-state index in [1.807, 2.05) is 6.92 Å². The van der Waals surface area contributed by atoms with Crippen molar-refractivity contribution in [3.63, 3.8) is 0 Å². The number of likely N-dealkylation sites (N-methyl/N-ethyl adjacent to an activating group) is 1. The zero-order chi connectivity index (χ0) is 23.4. The number of pyridine rings is 1. The number of carbonyl (C=O) groups excluding carboxylic acids is 3. The Morgan fingerprint density at radius 3 is 2.42 bits per heavy atom. The highest BCUT2D eigenvalue weighted by atomic mass is 19.1. The second-order valence-corrected chi connectivity index (χ2v) is 6.46. The van der Waals surface area contributed by atoms with Crippen molar-refractivity contribution >= 4 is 17.6 Å². The molecule has 1 rings (SSSR count). The monoisotopic (exact) mass is 435 g/mol. The molecule has 0 spiro atoms. The molecule has 1 heterocycles. The van der Waals surface area contributed by atoms with Crippen LogP contribution in [0, 0.1) is 11.9 Å². The smallest absolute Gasteiger partial charge is 0.255 e. The SMILES string of the molecule is C/C=C(/C(=O)NCc1ccc(F)nc1F)C(=O)/C(O)=C(\C=C/CCCC)C(=O)NCC. The van der Waals surface area contributed by atoms with Crippen LogP contribution in [0.5, 0.6) is 0 Å². The largest absolute Gasteiger partial charge is 0.504 e. The highest BCUT2D eigenvalue weighted by Crippen LogP contribution is 2.13. The summed E-state index contributed by atoms with van der Waals surface area (Å²) in [6.07, 6.45) is 6.63. The Bertz CT molecular complexity index is 908. The number of halogens is 2. The molecule has 1 aromatic heterocycles. The first-order chi connectivity index (χ1) is 14.8. The van der Waals surface area contributed by atoms with E-state index in [4.69, 9.17) is 0 Å². The molecule has 0 aromatic carbocycles. The molecule has 0 aliphatic heterocycles. The van der Waals surface area contributed by atoms with Gasteiger partial charge in [-0.25, -0.2) is 0 Å². The number of nitrogens with one attached hydrogen (secondary N) is 2. The molecule has 0 atom stereocenters. The molecule has 0 bridgehead atoms. The minimum atomic E-state index is -1.09. The Hall–Kier alpha value is -3.36. The number of unbranched alkanes of at least 4 members (excludes halogenated alkanes) is 2. The van der Waals surface area contributed by atoms with Gasteiger partial charge in [-0.05, 0) is 38.5 Å². The Kier molecular flexibility index (Phi) is 10.8. The van der Waals surface area contributed by atoms with E-state index in [-0.39, 0.29) is 24.2 Å². The molecule has 1 aromatic rings. The summed E-state index contributed by atoms with van der Waals surface area (Å²) in [4.78, 5) is 40.4. The van der Waals surface area contributed by atoms with E-state index in [9.17, 15) is 28.3 Å². The summed E-state index contributed by atoms with van der Waals surface area (Å²) in [5.74, 6) is -5.58. The lowest BCUT2D eigenvalue weighted by Gasteiger charge is -2.10. The first kappa shape index (κ1) is 25.7. The van der Waals surface area contributed by atoms with Gasteiger partial charge in [-0.15, -0.1) is 0 Å². The number of carbonyl (C=O) groups is 3. The van der Waals surface area contributed by atoms with E-state index in [1.165, 1.54) is 19.1 Å². The van der Waals surface area contributed by atoms with Gasteiger partial charge in [0.2, 0.25) is 17.7 Å². The van der Waals surface area contributed by atoms with Crippen LogP contribution in [-0.2, 0) is 20.9 Å². The van der Waals surface area contributed by atoms with Crippen molar-refractivity contribution in [2.24, 2.45) is 0 Å². The summed E-state index contributed by atoms with van der Waals surface area (Å²) in [5, 5.41) is 15.2. The average Bonchev–Trinajstić information content (AvgIpc) is 2.73. The van der Waals surface area contributed by atoms with Gasteiger partial charge in [0.1, 0.15) is 0 Å². The van der Waals surface area contributed by atoms with Gasteiger partial charge in [-0.3, -0.25) is 14.4 Å². The molecular weight excluding hydrogens is 408 g/mol. The minimum absolute atomic E-state index is 0.0840. The number of hydrogen-bond donors (Lipinski definition) is 3. The van der Waals surface area contributed by atoms with Crippen molar-refractivity contribution in [3.05, 3.63) is 64.7 Å². The van der Waals surface area contributed by atoms with Crippen LogP contribution in [0.1, 0.15) is 45.6 Å². The number of aliphatic hydroxyl groups is 1. The van der Waals surface area contributed by atoms with E-state index in [2.05, 4.69) is 15.6 Å². The van der Waals surface area contributed by atoms with Crippen LogP contribution in [0.25, 0.3) is 0 Å². The van der Waals surface area contributed by atoms with Crippen LogP contribution in [0.2, 0.25) is 0 Å². The van der Waals surface area contributed by atoms with Crippen LogP contribution >= 0.6 is 0 Å². The number of hydrogen-bond acceptors (Lipinski definition) is 5. The molecule has 3 N–H and O–H groups in total. The van der Waals surface area contributed by atoms with Gasteiger partial charge in [0, 0.05) is 18.7 Å². The van der Waals surface area contributed by atoms with Gasteiger partial charge in [-0.1, -0.05) is 31.9 Å². The quantitative estimate of drug-likeness (QED) is 0.0941. The van der Waals surface area contributed by atoms with Crippen LogP contribution < -0.4 is 10.6 Å². The Balaban J connectivity index is 3.06. The van der Waals surface area contributed by atoms with E-state index in [0.29, 0.717) is 6.42 Å². The number of ketones is 1. The van der Waals surface area contributed by atoms with Crippen molar-refractivity contribution in [2.45, 2.75) is 46.6 Å². The van der Waals surface area contributed by atoms with Crippen molar-refractivity contribution in [1.82, 2.24) is 15.6 Å². The lowest BCUT2D eigenvalue weighted by Crippen LogP contribution is -2.31. The fourth-order valence-corrected chi connectivity index (χ4v) is 2.50. The van der Waals surface area contributed by atoms with E-state index < -0.39 is 40.8 Å². The summed E-state index contributed by atoms with van der Waals surface area (Å²) in [5.41, 5.74) is -0.778. The predicted octanol–water partition coefficient (Wildman–Crippen LogP) is 3.19. The van der Waals surface area contributed by atoms with Gasteiger partial charge in [-0.2, -0.15) is 13.8 Å². The minimum Gasteiger partial charge on any atom is -0.504 e. The van der Waals surface area contributed by atoms with E-state index in [1.54, 1.807) is 13.0 Å². The highest BCUT2D eigenvalue weighted by Gasteiger charge is 2.25. The molecule has 0 saturated heterocycles. The third-order valence-corrected chi connectivity index (χ3v) is 4.17. The first-order valence-electron chi connectivity index (χ1n) is 9.94. The third-order valence-electron chi connectivity index (χ3n) is 4.17. The summed E-state index contributed by atoms with van der Waals surface area (Å²) < 4.78 is 26.5. The number of allylic oxidation sites excluding steroid dienone is 3. The van der Waals surface area contributed by atoms with Crippen LogP contribution in [0.15, 0.2) is 47.3 Å². The van der Waals surface area contributed by atoms with Gasteiger partial charge >= 0.3 is 0 Å². The molecule has 0 unspecified atom stereocenters. The maximum Gasteiger partial charge on any atom is 0.255 e. The van der Waals surface area contributed by atoms with Crippen LogP contribution in [-0.4, -0.2) is 34.2 Å². The average molecular weight is 435 g/mol. The molecule has 0 aliphatic carbocycles. The normalized spacial score (nSPS) is 12.5. The van der Waals surface area contributed by atoms with Gasteiger partial charge in [0.25, 0.3) is 11.8 Å². The summed E-state index contributed by atoms with van der Waals surface area (Å²) in [6.45, 7) is 5.01. The topological polar surface area (TPSA) is 108 Å². The maximum absolute atomic E-state index is 13.6. The summed E-state index contributed by atoms with van der Waals surface area (Å²) in [7, 11) is 0. The molecule has 7 nitrogen and oxygen atoms in total. The summed E-state index contributed by atoms with van der Waals surface area (Å²) in [6, 6.07) is 2.05. The molecule has 9 heteroatoms. The van der Waals surface area contributed by atoms with Crippen molar-refractivity contribution in [2.75, 3.05) is 6.54 Å². The van der Waals surface area contributed by atoms with Crippen LogP contribution in [0.4, 0.5) is 8.78 Å². The Morgan fingerprint density at radius 1 is 1.13 bits per heavy atom. The number of rotatable bonds is 11. The highest BCUT2D eigenvalue weighted by molar-refractivity contribution is 6.26. The molecule has 2 amide bonds. The second-order valence-electron chi connectivity index (χ2n) is 6.46. The van der Waals surface area contributed by atoms with Crippen molar-refractivity contribution in [3.8, 4) is 0 Å². The third kappa shape index (κ3) is 7.76. The number of nitrogens with zero attached hydrogens (tertiary/aromatic N) is 1. The fourth-order valence-electron chi connectivity index (χ4n) is 2.50. The van der Waals surface area contributed by atoms with Gasteiger partial charge in [0.05, 0.1) is 11.1 Å². The zero-order valence-electron chi connectivity index (χ0n) is 17.8. The number of aromatic nitrogens is 1. The van der Waals surface area contributed by atoms with Gasteiger partial charge < -0.3 is 15.7 Å². The first-order valence-corrected chi connectivity index (χ1v) is 9.94. The second kappa shape index (κ2) is 13.0. The predicted molar refractivity (Wildman–Crippen MR) is 112 cm³/mol. The van der Waals surface area contributed by atoms with E-state index in [0.717, 1.165) is 25.0 Å². The van der Waals surface area contributed by atoms with Crippen LogP contribution in [0.3, 0.4) is 0 Å². The van der Waals surface area contributed by atoms with Gasteiger partial charge in [0.15, 0.2) is 5.76 Å². The summed E-state index contributed by atoms with van der Waals surface area (Å²) >= 11 is 0. The molecule has 168 valence electrons. The maximum atomic E-state index is 13.6. The van der Waals surface area contributed by atoms with Crippen molar-refractivity contribution < 1.29 is 28.3 Å². The lowest BCUT2D eigenvalue weighted by molar-refractivity contribution is -0.123. The fraction of sp³-hybridized carbons (Fsp3) is 0.364. The molecule has 0 fully saturated rings. The molecule has 0 radical (unpaired) electrons. The molecular formula is C22H27F2N3O4. The van der Waals surface area contributed by atoms with Crippen molar-refractivity contribution in [1.29, 1.82) is 0 Å².